The molecule has 0 aliphatic carbocycles. The fourth-order valence-electron chi connectivity index (χ4n) is 1.84. The van der Waals surface area contributed by atoms with Gasteiger partial charge < -0.3 is 15.8 Å². The van der Waals surface area contributed by atoms with E-state index < -0.39 is 6.04 Å². The molecule has 5 heteroatoms. The van der Waals surface area contributed by atoms with Crippen molar-refractivity contribution in [3.8, 4) is 0 Å². The van der Waals surface area contributed by atoms with E-state index >= 15 is 0 Å². The third-order valence-corrected chi connectivity index (χ3v) is 3.43. The molecule has 1 amide bonds. The molecule has 0 radical (unpaired) electrons. The number of methoxy groups -OCH3 is 1. The third kappa shape index (κ3) is 5.49. The molecule has 0 fully saturated rings. The minimum absolute atomic E-state index is 0. The molecule has 0 bridgehead atoms. The topological polar surface area (TPSA) is 64.4 Å². The summed E-state index contributed by atoms with van der Waals surface area (Å²) in [5.41, 5.74) is 8.04. The Morgan fingerprint density at radius 1 is 1.35 bits per heavy atom. The molecule has 0 aliphatic rings. The number of carbonyl (C=O) groups is 1. The quantitative estimate of drug-likeness (QED) is 0.812. The normalized spacial score (nSPS) is 13.2. The molecule has 0 saturated heterocycles. The highest BCUT2D eigenvalue weighted by Crippen LogP contribution is 2.10. The smallest absolute Gasteiger partial charge is 0.237 e. The molecule has 0 saturated carbocycles. The van der Waals surface area contributed by atoms with Crippen molar-refractivity contribution in [2.75, 3.05) is 7.11 Å². The molecule has 0 heterocycles. The molecule has 1 rings (SSSR count). The van der Waals surface area contributed by atoms with Gasteiger partial charge in [-0.15, -0.1) is 12.4 Å². The molecule has 2 unspecified atom stereocenters. The highest BCUT2D eigenvalue weighted by atomic mass is 35.5. The number of nitrogens with two attached hydrogens (primary N) is 1. The van der Waals surface area contributed by atoms with Crippen molar-refractivity contribution in [2.24, 2.45) is 11.7 Å². The largest absolute Gasteiger partial charge is 0.380 e. The van der Waals surface area contributed by atoms with Gasteiger partial charge in [-0.3, -0.25) is 4.79 Å². The van der Waals surface area contributed by atoms with E-state index in [9.17, 15) is 4.79 Å². The lowest BCUT2D eigenvalue weighted by Gasteiger charge is -2.18. The van der Waals surface area contributed by atoms with Crippen LogP contribution in [0.25, 0.3) is 0 Å². The van der Waals surface area contributed by atoms with Crippen molar-refractivity contribution < 1.29 is 9.53 Å². The van der Waals surface area contributed by atoms with Crippen LogP contribution >= 0.6 is 12.4 Å². The minimum atomic E-state index is -0.445. The van der Waals surface area contributed by atoms with Crippen LogP contribution in [0.1, 0.15) is 31.4 Å². The maximum atomic E-state index is 11.9. The molecule has 0 aromatic heterocycles. The number of halogens is 1. The Hall–Kier alpha value is -1.10. The summed E-state index contributed by atoms with van der Waals surface area (Å²) in [6.07, 6.45) is 0.898. The molecular weight excluding hydrogens is 276 g/mol. The molecule has 114 valence electrons. The zero-order chi connectivity index (χ0) is 14.3. The van der Waals surface area contributed by atoms with E-state index in [0.717, 1.165) is 17.5 Å². The predicted octanol–water partition coefficient (Wildman–Crippen LogP) is 2.24. The van der Waals surface area contributed by atoms with Gasteiger partial charge in [0.25, 0.3) is 0 Å². The zero-order valence-electron chi connectivity index (χ0n) is 12.4. The Kier molecular flexibility index (Phi) is 9.21. The highest BCUT2D eigenvalue weighted by molar-refractivity contribution is 5.85. The van der Waals surface area contributed by atoms with Gasteiger partial charge in [-0.25, -0.2) is 0 Å². The van der Waals surface area contributed by atoms with Crippen LogP contribution in [0.15, 0.2) is 24.3 Å². The van der Waals surface area contributed by atoms with E-state index in [2.05, 4.69) is 5.32 Å². The average molecular weight is 301 g/mol. The van der Waals surface area contributed by atoms with Gasteiger partial charge in [0.2, 0.25) is 5.91 Å². The van der Waals surface area contributed by atoms with Crippen LogP contribution in [-0.4, -0.2) is 19.1 Å². The first-order valence-corrected chi connectivity index (χ1v) is 6.69. The Balaban J connectivity index is 0.00000361. The summed E-state index contributed by atoms with van der Waals surface area (Å²) in [6, 6.07) is 7.46. The summed E-state index contributed by atoms with van der Waals surface area (Å²) in [4.78, 5) is 11.9. The van der Waals surface area contributed by atoms with Crippen molar-refractivity contribution in [3.05, 3.63) is 35.4 Å². The number of hydrogen-bond donors (Lipinski definition) is 2. The fraction of sp³-hybridized carbons (Fsp3) is 0.533. The van der Waals surface area contributed by atoms with Crippen LogP contribution in [0.2, 0.25) is 0 Å². The van der Waals surface area contributed by atoms with E-state index in [1.54, 1.807) is 7.11 Å². The number of nitrogens with one attached hydrogen (secondary N) is 1. The highest BCUT2D eigenvalue weighted by Gasteiger charge is 2.19. The van der Waals surface area contributed by atoms with E-state index in [4.69, 9.17) is 10.5 Å². The Bertz CT molecular complexity index is 413. The molecule has 0 spiro atoms. The van der Waals surface area contributed by atoms with Gasteiger partial charge in [-0.2, -0.15) is 0 Å². The summed E-state index contributed by atoms with van der Waals surface area (Å²) < 4.78 is 5.14. The summed E-state index contributed by atoms with van der Waals surface area (Å²) in [5.74, 6) is 0.0933. The van der Waals surface area contributed by atoms with Crippen LogP contribution in [0.4, 0.5) is 0 Å². The standard InChI is InChI=1S/C15H24N2O2.ClH/c1-4-11(2)14(16)15(18)17-9-12-7-5-6-8-13(12)10-19-3;/h5-8,11,14H,4,9-10,16H2,1-3H3,(H,17,18);1H. The van der Waals surface area contributed by atoms with Crippen molar-refractivity contribution in [1.29, 1.82) is 0 Å². The zero-order valence-corrected chi connectivity index (χ0v) is 13.2. The van der Waals surface area contributed by atoms with E-state index in [0.29, 0.717) is 13.2 Å². The molecular formula is C15H25ClN2O2. The number of hydrogen-bond acceptors (Lipinski definition) is 3. The first-order chi connectivity index (χ1) is 9.10. The molecule has 3 N–H and O–H groups in total. The SMILES string of the molecule is CCC(C)C(N)C(=O)NCc1ccccc1COC.Cl. The number of ether oxygens (including phenoxy) is 1. The first-order valence-electron chi connectivity index (χ1n) is 6.69. The molecule has 20 heavy (non-hydrogen) atoms. The second-order valence-corrected chi connectivity index (χ2v) is 4.83. The predicted molar refractivity (Wildman–Crippen MR) is 83.7 cm³/mol. The van der Waals surface area contributed by atoms with Gasteiger partial charge in [-0.05, 0) is 17.0 Å². The number of rotatable bonds is 7. The van der Waals surface area contributed by atoms with E-state index in [1.807, 2.05) is 38.1 Å². The van der Waals surface area contributed by atoms with Gasteiger partial charge in [0, 0.05) is 13.7 Å². The number of carbonyl (C=O) groups excluding carboxylic acids is 1. The maximum Gasteiger partial charge on any atom is 0.237 e. The van der Waals surface area contributed by atoms with Crippen LogP contribution in [0.5, 0.6) is 0 Å². The van der Waals surface area contributed by atoms with Gasteiger partial charge in [0.05, 0.1) is 12.6 Å². The average Bonchev–Trinajstić information content (AvgIpc) is 2.44. The van der Waals surface area contributed by atoms with Crippen molar-refractivity contribution in [1.82, 2.24) is 5.32 Å². The Morgan fingerprint density at radius 3 is 2.50 bits per heavy atom. The van der Waals surface area contributed by atoms with Gasteiger partial charge >= 0.3 is 0 Å². The first kappa shape index (κ1) is 18.9. The summed E-state index contributed by atoms with van der Waals surface area (Å²) >= 11 is 0. The molecule has 2 atom stereocenters. The van der Waals surface area contributed by atoms with Crippen LogP contribution < -0.4 is 11.1 Å². The molecule has 1 aromatic rings. The van der Waals surface area contributed by atoms with Crippen molar-refractivity contribution >= 4 is 18.3 Å². The van der Waals surface area contributed by atoms with Gasteiger partial charge in [0.1, 0.15) is 0 Å². The third-order valence-electron chi connectivity index (χ3n) is 3.43. The summed E-state index contributed by atoms with van der Waals surface area (Å²) in [6.45, 7) is 5.06. The Morgan fingerprint density at radius 2 is 1.95 bits per heavy atom. The molecule has 4 nitrogen and oxygen atoms in total. The second-order valence-electron chi connectivity index (χ2n) is 4.83. The fourth-order valence-corrected chi connectivity index (χ4v) is 1.84. The van der Waals surface area contributed by atoms with Crippen LogP contribution in [0, 0.1) is 5.92 Å². The van der Waals surface area contributed by atoms with Crippen LogP contribution in [0.3, 0.4) is 0 Å². The monoisotopic (exact) mass is 300 g/mol. The Labute approximate surface area is 127 Å². The maximum absolute atomic E-state index is 11.9. The molecule has 1 aromatic carbocycles. The lowest BCUT2D eigenvalue weighted by molar-refractivity contribution is -0.123. The number of benzene rings is 1. The summed E-state index contributed by atoms with van der Waals surface area (Å²) in [7, 11) is 1.66. The summed E-state index contributed by atoms with van der Waals surface area (Å²) in [5, 5.41) is 2.89. The van der Waals surface area contributed by atoms with Crippen molar-refractivity contribution in [3.63, 3.8) is 0 Å². The van der Waals surface area contributed by atoms with Crippen LogP contribution in [-0.2, 0) is 22.7 Å². The van der Waals surface area contributed by atoms with E-state index in [-0.39, 0.29) is 24.2 Å². The lowest BCUT2D eigenvalue weighted by atomic mass is 9.99. The minimum Gasteiger partial charge on any atom is -0.380 e. The number of amides is 1. The second kappa shape index (κ2) is 9.75. The van der Waals surface area contributed by atoms with Crippen molar-refractivity contribution in [2.45, 2.75) is 39.5 Å². The van der Waals surface area contributed by atoms with Gasteiger partial charge in [0.15, 0.2) is 0 Å². The molecule has 0 aliphatic heterocycles. The van der Waals surface area contributed by atoms with Gasteiger partial charge in [-0.1, -0.05) is 44.5 Å². The lowest BCUT2D eigenvalue weighted by Crippen LogP contribution is -2.44. The van der Waals surface area contributed by atoms with E-state index in [1.165, 1.54) is 0 Å².